The van der Waals surface area contributed by atoms with Crippen molar-refractivity contribution in [2.45, 2.75) is 26.8 Å². The number of rotatable bonds is 5. The van der Waals surface area contributed by atoms with E-state index in [4.69, 9.17) is 23.2 Å². The molecule has 2 heterocycles. The number of carbonyl (C=O) groups excluding carboxylic acids is 1. The summed E-state index contributed by atoms with van der Waals surface area (Å²) in [4.78, 5) is 16.7. The van der Waals surface area contributed by atoms with Gasteiger partial charge in [-0.15, -0.1) is 11.3 Å². The Hall–Kier alpha value is -2.03. The monoisotopic (exact) mass is 430 g/mol. The fourth-order valence-corrected chi connectivity index (χ4v) is 3.73. The Morgan fingerprint density at radius 2 is 2.07 bits per heavy atom. The van der Waals surface area contributed by atoms with Gasteiger partial charge in [-0.05, 0) is 32.0 Å². The van der Waals surface area contributed by atoms with Crippen LogP contribution >= 0.6 is 34.5 Å². The molecule has 0 fully saturated rings. The molecule has 0 saturated carbocycles. The fraction of sp³-hybridized carbons (Fsp3) is 0.235. The Kier molecular flexibility index (Phi) is 5.78. The Balaban J connectivity index is 1.75. The van der Waals surface area contributed by atoms with Gasteiger partial charge in [-0.25, -0.2) is 9.67 Å². The number of benzene rings is 1. The highest BCUT2D eigenvalue weighted by atomic mass is 35.5. The number of anilines is 1. The van der Waals surface area contributed by atoms with Gasteiger partial charge in [0.1, 0.15) is 0 Å². The fourth-order valence-electron chi connectivity index (χ4n) is 2.62. The third-order valence-corrected chi connectivity index (χ3v) is 5.27. The highest BCUT2D eigenvalue weighted by Gasteiger charge is 2.20. The lowest BCUT2D eigenvalue weighted by Crippen LogP contribution is -2.15. The second-order valence-electron chi connectivity index (χ2n) is 5.76. The smallest absolute Gasteiger partial charge is 0.302 e. The van der Waals surface area contributed by atoms with E-state index >= 15 is 0 Å². The first-order valence-electron chi connectivity index (χ1n) is 7.79. The van der Waals surface area contributed by atoms with Crippen LogP contribution in [0.15, 0.2) is 23.6 Å². The lowest BCUT2D eigenvalue weighted by atomic mass is 10.1. The summed E-state index contributed by atoms with van der Waals surface area (Å²) >= 11 is 13.4. The number of nitrogens with one attached hydrogen (secondary N) is 1. The lowest BCUT2D eigenvalue weighted by Gasteiger charge is -2.04. The van der Waals surface area contributed by atoms with Crippen LogP contribution in [0, 0.1) is 13.8 Å². The van der Waals surface area contributed by atoms with Crippen LogP contribution in [0.5, 0.6) is 0 Å². The van der Waals surface area contributed by atoms with Crippen LogP contribution in [0.1, 0.15) is 23.5 Å². The molecule has 0 spiro atoms. The molecular weight excluding hydrogens is 417 g/mol. The molecule has 0 aliphatic heterocycles. The zero-order valence-electron chi connectivity index (χ0n) is 14.3. The molecule has 1 N–H and O–H groups in total. The summed E-state index contributed by atoms with van der Waals surface area (Å²) in [7, 11) is 0. The highest BCUT2D eigenvalue weighted by Crippen LogP contribution is 2.32. The third kappa shape index (κ3) is 4.28. The van der Waals surface area contributed by atoms with Gasteiger partial charge in [0.25, 0.3) is 0 Å². The van der Waals surface area contributed by atoms with Gasteiger partial charge >= 0.3 is 6.55 Å². The number of amides is 1. The normalized spacial score (nSPS) is 11.2. The average molecular weight is 431 g/mol. The summed E-state index contributed by atoms with van der Waals surface area (Å²) in [6.45, 7) is 0.360. The van der Waals surface area contributed by atoms with E-state index in [2.05, 4.69) is 15.4 Å². The zero-order chi connectivity index (χ0) is 19.7. The molecule has 2 aromatic heterocycles. The lowest BCUT2D eigenvalue weighted by molar-refractivity contribution is -0.115. The number of thiazole rings is 1. The predicted octanol–water partition coefficient (Wildman–Crippen LogP) is 5.51. The van der Waals surface area contributed by atoms with E-state index in [9.17, 15) is 13.6 Å². The molecule has 3 rings (SSSR count). The van der Waals surface area contributed by atoms with E-state index in [1.165, 1.54) is 18.3 Å². The van der Waals surface area contributed by atoms with E-state index in [-0.39, 0.29) is 18.0 Å². The molecule has 0 radical (unpaired) electrons. The molecule has 27 heavy (non-hydrogen) atoms. The standard InChI is InChI=1S/C17H14Cl2F2N4OS/c1-8-11(9(2)25(24-8)16(20)21)6-15(26)23-17-22-14(7-27-17)12-5-10(18)3-4-13(12)19/h3-5,7,16H,6H2,1-2H3,(H,22,23,26). The largest absolute Gasteiger partial charge is 0.333 e. The summed E-state index contributed by atoms with van der Waals surface area (Å²) in [5, 5.41) is 9.60. The van der Waals surface area contributed by atoms with Gasteiger partial charge in [-0.2, -0.15) is 13.9 Å². The van der Waals surface area contributed by atoms with Crippen LogP contribution in [0.2, 0.25) is 10.0 Å². The van der Waals surface area contributed by atoms with Gasteiger partial charge in [-0.1, -0.05) is 23.2 Å². The number of carbonyl (C=O) groups is 1. The van der Waals surface area contributed by atoms with Gasteiger partial charge in [-0.3, -0.25) is 4.79 Å². The molecule has 0 atom stereocenters. The topological polar surface area (TPSA) is 59.8 Å². The van der Waals surface area contributed by atoms with Crippen LogP contribution in [0.3, 0.4) is 0 Å². The van der Waals surface area contributed by atoms with Crippen LogP contribution < -0.4 is 5.32 Å². The summed E-state index contributed by atoms with van der Waals surface area (Å²) in [5.41, 5.74) is 2.38. The maximum atomic E-state index is 12.9. The van der Waals surface area contributed by atoms with Crippen molar-refractivity contribution in [3.63, 3.8) is 0 Å². The van der Waals surface area contributed by atoms with Crippen molar-refractivity contribution >= 4 is 45.6 Å². The molecule has 0 saturated heterocycles. The molecule has 1 aromatic carbocycles. The van der Waals surface area contributed by atoms with Gasteiger partial charge in [0, 0.05) is 27.2 Å². The summed E-state index contributed by atoms with van der Waals surface area (Å²) in [6.07, 6.45) is -0.0722. The van der Waals surface area contributed by atoms with Crippen molar-refractivity contribution in [2.24, 2.45) is 0 Å². The maximum absolute atomic E-state index is 12.9. The number of hydrogen-bond acceptors (Lipinski definition) is 4. The predicted molar refractivity (Wildman–Crippen MR) is 103 cm³/mol. The minimum atomic E-state index is -2.75. The number of alkyl halides is 2. The molecule has 3 aromatic rings. The van der Waals surface area contributed by atoms with Crippen LogP contribution in [-0.4, -0.2) is 20.7 Å². The molecule has 0 unspecified atom stereocenters. The molecule has 0 aliphatic carbocycles. The second kappa shape index (κ2) is 7.92. The van der Waals surface area contributed by atoms with Gasteiger partial charge in [0.05, 0.1) is 22.8 Å². The van der Waals surface area contributed by atoms with Crippen LogP contribution in [-0.2, 0) is 11.2 Å². The van der Waals surface area contributed by atoms with Crippen molar-refractivity contribution in [1.82, 2.24) is 14.8 Å². The van der Waals surface area contributed by atoms with Crippen molar-refractivity contribution in [1.29, 1.82) is 0 Å². The summed E-state index contributed by atoms with van der Waals surface area (Å²) < 4.78 is 26.4. The number of aryl methyl sites for hydroxylation is 1. The van der Waals surface area contributed by atoms with E-state index in [1.807, 2.05) is 0 Å². The van der Waals surface area contributed by atoms with Crippen molar-refractivity contribution in [3.8, 4) is 11.3 Å². The highest BCUT2D eigenvalue weighted by molar-refractivity contribution is 7.14. The number of nitrogens with zero attached hydrogens (tertiary/aromatic N) is 3. The Bertz CT molecular complexity index is 1000. The molecule has 142 valence electrons. The first-order valence-corrected chi connectivity index (χ1v) is 9.43. The Morgan fingerprint density at radius 1 is 1.33 bits per heavy atom. The molecule has 1 amide bonds. The van der Waals surface area contributed by atoms with Crippen molar-refractivity contribution in [2.75, 3.05) is 5.32 Å². The Morgan fingerprint density at radius 3 is 2.74 bits per heavy atom. The summed E-state index contributed by atoms with van der Waals surface area (Å²) in [6, 6.07) is 5.03. The minimum absolute atomic E-state index is 0.0722. The average Bonchev–Trinajstić information content (AvgIpc) is 3.16. The van der Waals surface area contributed by atoms with E-state index in [1.54, 1.807) is 30.5 Å². The second-order valence-corrected chi connectivity index (χ2v) is 7.46. The van der Waals surface area contributed by atoms with Crippen LogP contribution in [0.25, 0.3) is 11.3 Å². The molecule has 0 aliphatic rings. The SMILES string of the molecule is Cc1nn(C(F)F)c(C)c1CC(=O)Nc1nc(-c2cc(Cl)ccc2Cl)cs1. The molecular formula is C17H14Cl2F2N4OS. The third-order valence-electron chi connectivity index (χ3n) is 3.95. The van der Waals surface area contributed by atoms with E-state index in [0.29, 0.717) is 42.4 Å². The quantitative estimate of drug-likeness (QED) is 0.580. The van der Waals surface area contributed by atoms with Gasteiger partial charge < -0.3 is 5.32 Å². The summed E-state index contributed by atoms with van der Waals surface area (Å²) in [5.74, 6) is -0.367. The maximum Gasteiger partial charge on any atom is 0.333 e. The first kappa shape index (κ1) is 19.7. The molecule has 10 heteroatoms. The van der Waals surface area contributed by atoms with E-state index < -0.39 is 6.55 Å². The van der Waals surface area contributed by atoms with E-state index in [0.717, 1.165) is 0 Å². The van der Waals surface area contributed by atoms with Crippen LogP contribution in [0.4, 0.5) is 13.9 Å². The number of halogens is 4. The number of hydrogen-bond donors (Lipinski definition) is 1. The van der Waals surface area contributed by atoms with Crippen molar-refractivity contribution < 1.29 is 13.6 Å². The molecule has 0 bridgehead atoms. The van der Waals surface area contributed by atoms with Gasteiger partial charge in [0.15, 0.2) is 5.13 Å². The zero-order valence-corrected chi connectivity index (χ0v) is 16.6. The Labute approximate surface area is 167 Å². The molecule has 5 nitrogen and oxygen atoms in total. The minimum Gasteiger partial charge on any atom is -0.302 e. The first-order chi connectivity index (χ1) is 12.8. The van der Waals surface area contributed by atoms with Gasteiger partial charge in [0.2, 0.25) is 5.91 Å². The van der Waals surface area contributed by atoms with Crippen molar-refractivity contribution in [3.05, 3.63) is 50.6 Å². The number of aromatic nitrogens is 3.